The lowest BCUT2D eigenvalue weighted by atomic mass is 10.1. The molecule has 0 atom stereocenters. The van der Waals surface area contributed by atoms with Crippen molar-refractivity contribution in [1.82, 2.24) is 0 Å². The fraction of sp³-hybridized carbons (Fsp3) is 0.500. The van der Waals surface area contributed by atoms with Crippen LogP contribution in [0.2, 0.25) is 0 Å². The average molecular weight is 289 g/mol. The molecule has 1 aliphatic carbocycles. The maximum absolute atomic E-state index is 11.0. The summed E-state index contributed by atoms with van der Waals surface area (Å²) in [6, 6.07) is 5.14. The van der Waals surface area contributed by atoms with Gasteiger partial charge in [-0.2, -0.15) is 0 Å². The minimum absolute atomic E-state index is 0.178. The fourth-order valence-corrected chi connectivity index (χ4v) is 3.00. The average Bonchev–Trinajstić information content (AvgIpc) is 3.06. The highest BCUT2D eigenvalue weighted by molar-refractivity contribution is 8.13. The molecule has 1 aromatic rings. The second-order valence-corrected chi connectivity index (χ2v) is 7.82. The largest absolute Gasteiger partial charge is 0.489 e. The van der Waals surface area contributed by atoms with Gasteiger partial charge in [-0.1, -0.05) is 6.07 Å². The van der Waals surface area contributed by atoms with Gasteiger partial charge in [0.1, 0.15) is 0 Å². The summed E-state index contributed by atoms with van der Waals surface area (Å²) < 4.78 is 33.5. The van der Waals surface area contributed by atoms with Crippen molar-refractivity contribution < 1.29 is 17.9 Å². The number of benzene rings is 1. The maximum Gasteiger partial charge on any atom is 0.236 e. The lowest BCUT2D eigenvalue weighted by Gasteiger charge is -2.08. The molecule has 0 saturated heterocycles. The van der Waals surface area contributed by atoms with Crippen molar-refractivity contribution >= 4 is 19.7 Å². The molecule has 3 rings (SSSR count). The molecular weight excluding hydrogens is 276 g/mol. The quantitative estimate of drug-likeness (QED) is 0.784. The van der Waals surface area contributed by atoms with Crippen molar-refractivity contribution in [2.24, 2.45) is 5.41 Å². The summed E-state index contributed by atoms with van der Waals surface area (Å²) in [5.41, 5.74) is 0.789. The van der Waals surface area contributed by atoms with Gasteiger partial charge in [-0.05, 0) is 30.5 Å². The second-order valence-electron chi connectivity index (χ2n) is 5.04. The van der Waals surface area contributed by atoms with Crippen molar-refractivity contribution in [3.05, 3.63) is 23.8 Å². The number of rotatable bonds is 2. The Hall–Kier alpha value is -0.940. The summed E-state index contributed by atoms with van der Waals surface area (Å²) in [5, 5.41) is 0. The van der Waals surface area contributed by atoms with Gasteiger partial charge >= 0.3 is 0 Å². The van der Waals surface area contributed by atoms with E-state index in [0.29, 0.717) is 30.3 Å². The Morgan fingerprint density at radius 2 is 1.83 bits per heavy atom. The minimum atomic E-state index is -3.55. The minimum Gasteiger partial charge on any atom is -0.489 e. The third-order valence-electron chi connectivity index (χ3n) is 3.37. The SMILES string of the molecule is O=S(=O)(Cl)Cc1ccc2c(c1)OCC1(CC1)CO2. The summed E-state index contributed by atoms with van der Waals surface area (Å²) in [4.78, 5) is 0. The van der Waals surface area contributed by atoms with Crippen molar-refractivity contribution in [3.63, 3.8) is 0 Å². The van der Waals surface area contributed by atoms with Crippen LogP contribution in [0.25, 0.3) is 0 Å². The number of ether oxygens (including phenoxy) is 2. The van der Waals surface area contributed by atoms with E-state index in [2.05, 4.69) is 0 Å². The van der Waals surface area contributed by atoms with E-state index in [-0.39, 0.29) is 11.2 Å². The summed E-state index contributed by atoms with van der Waals surface area (Å²) in [6.45, 7) is 1.31. The Balaban J connectivity index is 1.85. The molecule has 0 bridgehead atoms. The first-order valence-electron chi connectivity index (χ1n) is 5.77. The zero-order valence-corrected chi connectivity index (χ0v) is 11.3. The Morgan fingerprint density at radius 1 is 1.17 bits per heavy atom. The Morgan fingerprint density at radius 3 is 2.44 bits per heavy atom. The van der Waals surface area contributed by atoms with Crippen LogP contribution in [0.5, 0.6) is 11.5 Å². The molecule has 0 amide bonds. The number of fused-ring (bicyclic) bond motifs is 1. The predicted molar refractivity (Wildman–Crippen MR) is 67.6 cm³/mol. The van der Waals surface area contributed by atoms with Gasteiger partial charge in [0, 0.05) is 16.1 Å². The molecule has 1 heterocycles. The zero-order chi connectivity index (χ0) is 12.8. The molecule has 1 fully saturated rings. The van der Waals surface area contributed by atoms with E-state index < -0.39 is 9.05 Å². The van der Waals surface area contributed by atoms with E-state index in [1.54, 1.807) is 18.2 Å². The predicted octanol–water partition coefficient (Wildman–Crippen LogP) is 2.31. The van der Waals surface area contributed by atoms with Gasteiger partial charge in [0.05, 0.1) is 19.0 Å². The molecular formula is C12H13ClO4S. The number of hydrogen-bond acceptors (Lipinski definition) is 4. The van der Waals surface area contributed by atoms with E-state index in [1.807, 2.05) is 0 Å². The van der Waals surface area contributed by atoms with Gasteiger partial charge in [0.15, 0.2) is 11.5 Å². The Labute approximate surface area is 110 Å². The topological polar surface area (TPSA) is 52.6 Å². The fourth-order valence-electron chi connectivity index (χ4n) is 2.04. The highest BCUT2D eigenvalue weighted by Gasteiger charge is 2.46. The Kier molecular flexibility index (Phi) is 2.71. The van der Waals surface area contributed by atoms with Gasteiger partial charge in [-0.15, -0.1) is 0 Å². The van der Waals surface area contributed by atoms with Gasteiger partial charge in [-0.3, -0.25) is 0 Å². The smallest absolute Gasteiger partial charge is 0.236 e. The van der Waals surface area contributed by atoms with Crippen LogP contribution in [0.3, 0.4) is 0 Å². The van der Waals surface area contributed by atoms with Crippen molar-refractivity contribution in [1.29, 1.82) is 0 Å². The molecule has 18 heavy (non-hydrogen) atoms. The summed E-state index contributed by atoms with van der Waals surface area (Å²) in [5.74, 6) is 1.09. The van der Waals surface area contributed by atoms with Crippen LogP contribution in [0, 0.1) is 5.41 Å². The van der Waals surface area contributed by atoms with Crippen LogP contribution in [-0.2, 0) is 14.8 Å². The molecule has 1 aliphatic heterocycles. The molecule has 0 N–H and O–H groups in total. The molecule has 98 valence electrons. The van der Waals surface area contributed by atoms with Gasteiger partial charge in [-0.25, -0.2) is 8.42 Å². The van der Waals surface area contributed by atoms with Crippen LogP contribution < -0.4 is 9.47 Å². The van der Waals surface area contributed by atoms with E-state index in [4.69, 9.17) is 20.2 Å². The molecule has 0 unspecified atom stereocenters. The zero-order valence-electron chi connectivity index (χ0n) is 9.69. The first-order chi connectivity index (χ1) is 8.46. The summed E-state index contributed by atoms with van der Waals surface area (Å²) in [7, 11) is 1.69. The van der Waals surface area contributed by atoms with Crippen molar-refractivity contribution in [3.8, 4) is 11.5 Å². The van der Waals surface area contributed by atoms with E-state index in [0.717, 1.165) is 12.8 Å². The van der Waals surface area contributed by atoms with Crippen LogP contribution in [0.1, 0.15) is 18.4 Å². The molecule has 2 aliphatic rings. The van der Waals surface area contributed by atoms with Gasteiger partial charge in [0.2, 0.25) is 9.05 Å². The highest BCUT2D eigenvalue weighted by atomic mass is 35.7. The normalized spacial score (nSPS) is 20.5. The van der Waals surface area contributed by atoms with E-state index in [9.17, 15) is 8.42 Å². The third-order valence-corrected chi connectivity index (χ3v) is 4.38. The van der Waals surface area contributed by atoms with Crippen LogP contribution in [0.15, 0.2) is 18.2 Å². The molecule has 6 heteroatoms. The second kappa shape index (κ2) is 4.03. The lowest BCUT2D eigenvalue weighted by Crippen LogP contribution is -2.17. The number of hydrogen-bond donors (Lipinski definition) is 0. The molecule has 0 radical (unpaired) electrons. The highest BCUT2D eigenvalue weighted by Crippen LogP contribution is 2.49. The Bertz CT molecular complexity index is 578. The molecule has 0 aromatic heterocycles. The van der Waals surface area contributed by atoms with Crippen molar-refractivity contribution in [2.75, 3.05) is 13.2 Å². The van der Waals surface area contributed by atoms with Crippen molar-refractivity contribution in [2.45, 2.75) is 18.6 Å². The first kappa shape index (κ1) is 12.1. The number of halogens is 1. The maximum atomic E-state index is 11.0. The molecule has 1 saturated carbocycles. The van der Waals surface area contributed by atoms with E-state index in [1.165, 1.54) is 0 Å². The van der Waals surface area contributed by atoms with Crippen LogP contribution in [0.4, 0.5) is 0 Å². The first-order valence-corrected chi connectivity index (χ1v) is 8.25. The molecule has 1 aromatic carbocycles. The van der Waals surface area contributed by atoms with Gasteiger partial charge < -0.3 is 9.47 Å². The third kappa shape index (κ3) is 2.57. The van der Waals surface area contributed by atoms with Gasteiger partial charge in [0.25, 0.3) is 0 Å². The standard InChI is InChI=1S/C12H13ClO4S/c13-18(14,15)6-9-1-2-10-11(5-9)17-8-12(3-4-12)7-16-10/h1-2,5H,3-4,6-8H2. The summed E-state index contributed by atoms with van der Waals surface area (Å²) >= 11 is 0. The van der Waals surface area contributed by atoms with Crippen LogP contribution >= 0.6 is 10.7 Å². The summed E-state index contributed by atoms with van der Waals surface area (Å²) in [6.07, 6.45) is 2.26. The molecule has 4 nitrogen and oxygen atoms in total. The van der Waals surface area contributed by atoms with Crippen LogP contribution in [-0.4, -0.2) is 21.6 Å². The lowest BCUT2D eigenvalue weighted by molar-refractivity contribution is 0.197. The monoisotopic (exact) mass is 288 g/mol. The van der Waals surface area contributed by atoms with E-state index >= 15 is 0 Å². The molecule has 1 spiro atoms.